The monoisotopic (exact) mass is 181 g/mol. The van der Waals surface area contributed by atoms with Gasteiger partial charge in [-0.1, -0.05) is 6.58 Å². The van der Waals surface area contributed by atoms with Crippen LogP contribution in [-0.4, -0.2) is 48.9 Å². The first-order valence-electron chi connectivity index (χ1n) is 4.63. The number of hydrogen-bond donors (Lipinski definition) is 0. The molecule has 0 spiro atoms. The molecule has 0 aliphatic carbocycles. The van der Waals surface area contributed by atoms with Gasteiger partial charge in [0.25, 0.3) is 5.91 Å². The molecule has 1 fully saturated rings. The molecule has 1 aliphatic rings. The maximum absolute atomic E-state index is 11.2. The Morgan fingerprint density at radius 2 is 2.08 bits per heavy atom. The molecular weight excluding hydrogens is 164 g/mol. The number of nitrogens with zero attached hydrogens (tertiary/aromatic N) is 2. The Hall–Kier alpha value is -0.830. The van der Waals surface area contributed by atoms with Gasteiger partial charge in [-0.25, -0.2) is 0 Å². The molecule has 13 heavy (non-hydrogen) atoms. The molecule has 1 saturated heterocycles. The SMILES string of the molecule is C=[C]C(=O)N(C)C1CCN(C)CC1. The normalized spacial score (nSPS) is 19.8. The Morgan fingerprint density at radius 3 is 2.54 bits per heavy atom. The van der Waals surface area contributed by atoms with Crippen LogP contribution in [-0.2, 0) is 4.79 Å². The van der Waals surface area contributed by atoms with Gasteiger partial charge in [-0.3, -0.25) is 4.79 Å². The quantitative estimate of drug-likeness (QED) is 0.580. The molecule has 0 unspecified atom stereocenters. The lowest BCUT2D eigenvalue weighted by atomic mass is 10.0. The Morgan fingerprint density at radius 1 is 1.54 bits per heavy atom. The van der Waals surface area contributed by atoms with Crippen molar-refractivity contribution in [2.24, 2.45) is 0 Å². The van der Waals surface area contributed by atoms with Gasteiger partial charge >= 0.3 is 0 Å². The number of hydrogen-bond acceptors (Lipinski definition) is 2. The summed E-state index contributed by atoms with van der Waals surface area (Å²) in [4.78, 5) is 15.3. The molecule has 3 nitrogen and oxygen atoms in total. The maximum atomic E-state index is 11.2. The number of likely N-dealkylation sites (tertiary alicyclic amines) is 1. The van der Waals surface area contributed by atoms with Gasteiger partial charge < -0.3 is 9.80 Å². The third kappa shape index (κ3) is 2.56. The first kappa shape index (κ1) is 10.3. The predicted molar refractivity (Wildman–Crippen MR) is 52.2 cm³/mol. The van der Waals surface area contributed by atoms with E-state index in [9.17, 15) is 4.79 Å². The van der Waals surface area contributed by atoms with Crippen molar-refractivity contribution in [3.63, 3.8) is 0 Å². The smallest absolute Gasteiger partial charge is 0.254 e. The Kier molecular flexibility index (Phi) is 3.48. The fourth-order valence-corrected chi connectivity index (χ4v) is 1.67. The lowest BCUT2D eigenvalue weighted by molar-refractivity contribution is -0.128. The van der Waals surface area contributed by atoms with Crippen molar-refractivity contribution in [2.75, 3.05) is 27.2 Å². The van der Waals surface area contributed by atoms with Crippen LogP contribution in [0, 0.1) is 6.08 Å². The average Bonchev–Trinajstić information content (AvgIpc) is 2.17. The third-order valence-corrected chi connectivity index (χ3v) is 2.71. The predicted octanol–water partition coefficient (Wildman–Crippen LogP) is 0.528. The van der Waals surface area contributed by atoms with Crippen molar-refractivity contribution in [2.45, 2.75) is 18.9 Å². The van der Waals surface area contributed by atoms with E-state index in [1.54, 1.807) is 4.90 Å². The molecule has 1 aliphatic heterocycles. The van der Waals surface area contributed by atoms with E-state index in [1.807, 2.05) is 7.05 Å². The van der Waals surface area contributed by atoms with Crippen LogP contribution in [0.4, 0.5) is 0 Å². The van der Waals surface area contributed by atoms with Gasteiger partial charge in [-0.2, -0.15) is 0 Å². The van der Waals surface area contributed by atoms with Crippen molar-refractivity contribution in [3.8, 4) is 0 Å². The van der Waals surface area contributed by atoms with E-state index in [-0.39, 0.29) is 5.91 Å². The molecule has 0 saturated carbocycles. The van der Waals surface area contributed by atoms with E-state index in [0.29, 0.717) is 6.04 Å². The lowest BCUT2D eigenvalue weighted by Gasteiger charge is -2.34. The number of likely N-dealkylation sites (N-methyl/N-ethyl adjacent to an activating group) is 1. The maximum Gasteiger partial charge on any atom is 0.254 e. The molecule has 0 aromatic carbocycles. The summed E-state index contributed by atoms with van der Waals surface area (Å²) >= 11 is 0. The molecule has 0 aromatic heterocycles. The van der Waals surface area contributed by atoms with Crippen LogP contribution in [0.1, 0.15) is 12.8 Å². The molecule has 0 aromatic rings. The molecule has 3 heteroatoms. The molecule has 73 valence electrons. The summed E-state index contributed by atoms with van der Waals surface area (Å²) in [5.41, 5.74) is 0. The second-order valence-corrected chi connectivity index (χ2v) is 3.63. The minimum Gasteiger partial charge on any atom is -0.339 e. The highest BCUT2D eigenvalue weighted by Gasteiger charge is 2.22. The second kappa shape index (κ2) is 4.42. The van der Waals surface area contributed by atoms with E-state index < -0.39 is 0 Å². The van der Waals surface area contributed by atoms with E-state index in [1.165, 1.54) is 0 Å². The van der Waals surface area contributed by atoms with Crippen molar-refractivity contribution in [3.05, 3.63) is 12.7 Å². The van der Waals surface area contributed by atoms with Crippen molar-refractivity contribution < 1.29 is 4.79 Å². The fourth-order valence-electron chi connectivity index (χ4n) is 1.67. The first-order valence-corrected chi connectivity index (χ1v) is 4.63. The van der Waals surface area contributed by atoms with E-state index in [2.05, 4.69) is 24.6 Å². The molecule has 0 N–H and O–H groups in total. The first-order chi connectivity index (χ1) is 6.15. The minimum atomic E-state index is -0.0884. The number of rotatable bonds is 2. The van der Waals surface area contributed by atoms with Crippen LogP contribution in [0.25, 0.3) is 0 Å². The van der Waals surface area contributed by atoms with Crippen molar-refractivity contribution in [1.29, 1.82) is 0 Å². The summed E-state index contributed by atoms with van der Waals surface area (Å²) < 4.78 is 0. The van der Waals surface area contributed by atoms with Gasteiger partial charge in [0, 0.05) is 19.2 Å². The Labute approximate surface area is 80.0 Å². The van der Waals surface area contributed by atoms with E-state index in [4.69, 9.17) is 0 Å². The number of carbonyl (C=O) groups is 1. The highest BCUT2D eigenvalue weighted by Crippen LogP contribution is 2.13. The molecule has 0 atom stereocenters. The molecule has 0 bridgehead atoms. The standard InChI is InChI=1S/C10H17N2O/c1-4-10(13)12(3)9-5-7-11(2)8-6-9/h9H,1,5-8H2,2-3H3. The van der Waals surface area contributed by atoms with Crippen LogP contribution in [0.15, 0.2) is 6.58 Å². The van der Waals surface area contributed by atoms with Gasteiger partial charge in [0.1, 0.15) is 0 Å². The lowest BCUT2D eigenvalue weighted by Crippen LogP contribution is -2.44. The average molecular weight is 181 g/mol. The zero-order valence-corrected chi connectivity index (χ0v) is 8.42. The third-order valence-electron chi connectivity index (χ3n) is 2.71. The van der Waals surface area contributed by atoms with Gasteiger partial charge in [0.15, 0.2) is 0 Å². The second-order valence-electron chi connectivity index (χ2n) is 3.63. The van der Waals surface area contributed by atoms with Crippen LogP contribution in [0.3, 0.4) is 0 Å². The summed E-state index contributed by atoms with van der Waals surface area (Å²) in [7, 11) is 3.94. The van der Waals surface area contributed by atoms with Crippen molar-refractivity contribution >= 4 is 5.91 Å². The number of amides is 1. The number of piperidine rings is 1. The largest absolute Gasteiger partial charge is 0.339 e. The minimum absolute atomic E-state index is 0.0884. The summed E-state index contributed by atoms with van der Waals surface area (Å²) in [5, 5.41) is 0. The highest BCUT2D eigenvalue weighted by atomic mass is 16.2. The molecule has 1 amide bonds. The van der Waals surface area contributed by atoms with Crippen molar-refractivity contribution in [1.82, 2.24) is 9.80 Å². The Balaban J connectivity index is 2.44. The van der Waals surface area contributed by atoms with Gasteiger partial charge in [-0.15, -0.1) is 0 Å². The molecule has 1 heterocycles. The zero-order valence-electron chi connectivity index (χ0n) is 8.42. The molecule has 1 rings (SSSR count). The summed E-state index contributed by atoms with van der Waals surface area (Å²) in [6, 6.07) is 0.373. The molecule has 1 radical (unpaired) electrons. The van der Waals surface area contributed by atoms with Gasteiger partial charge in [-0.05, 0) is 33.0 Å². The summed E-state index contributed by atoms with van der Waals surface area (Å²) in [6.07, 6.45) is 4.51. The van der Waals surface area contributed by atoms with Gasteiger partial charge in [0.05, 0.1) is 0 Å². The van der Waals surface area contributed by atoms with E-state index >= 15 is 0 Å². The topological polar surface area (TPSA) is 23.6 Å². The van der Waals surface area contributed by atoms with Crippen LogP contribution in [0.2, 0.25) is 0 Å². The Bertz CT molecular complexity index is 195. The van der Waals surface area contributed by atoms with Gasteiger partial charge in [0.2, 0.25) is 0 Å². The summed E-state index contributed by atoms with van der Waals surface area (Å²) in [6.45, 7) is 5.50. The number of carbonyl (C=O) groups excluding carboxylic acids is 1. The zero-order chi connectivity index (χ0) is 9.84. The highest BCUT2D eigenvalue weighted by molar-refractivity contribution is 5.83. The van der Waals surface area contributed by atoms with Crippen LogP contribution < -0.4 is 0 Å². The summed E-state index contributed by atoms with van der Waals surface area (Å²) in [5.74, 6) is -0.0884. The van der Waals surface area contributed by atoms with Crippen LogP contribution in [0.5, 0.6) is 0 Å². The van der Waals surface area contributed by atoms with E-state index in [0.717, 1.165) is 25.9 Å². The molecular formula is C10H17N2O. The van der Waals surface area contributed by atoms with Crippen LogP contribution >= 0.6 is 0 Å². The fraction of sp³-hybridized carbons (Fsp3) is 0.700.